The zero-order valence-corrected chi connectivity index (χ0v) is 10.8. The summed E-state index contributed by atoms with van der Waals surface area (Å²) in [6.07, 6.45) is 2.39. The van der Waals surface area contributed by atoms with Crippen LogP contribution in [0.15, 0.2) is 28.8 Å². The second-order valence-corrected chi connectivity index (χ2v) is 4.38. The van der Waals surface area contributed by atoms with Gasteiger partial charge in [-0.15, -0.1) is 0 Å². The Bertz CT molecular complexity index is 491. The zero-order valence-electron chi connectivity index (χ0n) is 9.34. The average molecular weight is 271 g/mol. The zero-order chi connectivity index (χ0) is 12.3. The molecule has 3 nitrogen and oxygen atoms in total. The summed E-state index contributed by atoms with van der Waals surface area (Å²) in [4.78, 5) is 4.19. The second-order valence-electron chi connectivity index (χ2n) is 3.57. The van der Waals surface area contributed by atoms with Crippen molar-refractivity contribution in [3.8, 4) is 11.3 Å². The third-order valence-corrected chi connectivity index (χ3v) is 2.98. The first kappa shape index (κ1) is 12.4. The van der Waals surface area contributed by atoms with Gasteiger partial charge in [0.2, 0.25) is 0 Å². The minimum absolute atomic E-state index is 0.564. The number of benzene rings is 1. The van der Waals surface area contributed by atoms with Gasteiger partial charge in [0.25, 0.3) is 0 Å². The van der Waals surface area contributed by atoms with E-state index in [0.717, 1.165) is 13.0 Å². The number of halogens is 2. The number of hydrogen-bond acceptors (Lipinski definition) is 3. The fraction of sp³-hybridized carbons (Fsp3) is 0.250. The molecule has 90 valence electrons. The maximum Gasteiger partial charge on any atom is 0.196 e. The quantitative estimate of drug-likeness (QED) is 0.926. The maximum absolute atomic E-state index is 6.09. The molecule has 5 heteroatoms. The van der Waals surface area contributed by atoms with Gasteiger partial charge in [-0.05, 0) is 19.2 Å². The van der Waals surface area contributed by atoms with E-state index in [1.807, 2.05) is 7.05 Å². The van der Waals surface area contributed by atoms with Crippen LogP contribution in [0.2, 0.25) is 10.0 Å². The summed E-state index contributed by atoms with van der Waals surface area (Å²) in [5.41, 5.74) is 0.694. The van der Waals surface area contributed by atoms with E-state index in [0.29, 0.717) is 27.3 Å². The predicted molar refractivity (Wildman–Crippen MR) is 69.6 cm³/mol. The van der Waals surface area contributed by atoms with Gasteiger partial charge >= 0.3 is 0 Å². The lowest BCUT2D eigenvalue weighted by Gasteiger charge is -2.02. The molecule has 0 amide bonds. The van der Waals surface area contributed by atoms with E-state index in [9.17, 15) is 0 Å². The Kier molecular flexibility index (Phi) is 4.05. The molecule has 0 aliphatic heterocycles. The van der Waals surface area contributed by atoms with E-state index in [2.05, 4.69) is 10.3 Å². The topological polar surface area (TPSA) is 38.1 Å². The Morgan fingerprint density at radius 2 is 2.00 bits per heavy atom. The molecule has 1 aromatic heterocycles. The van der Waals surface area contributed by atoms with Crippen LogP contribution in [-0.2, 0) is 6.42 Å². The molecule has 0 aliphatic carbocycles. The van der Waals surface area contributed by atoms with E-state index in [4.69, 9.17) is 27.6 Å². The fourth-order valence-electron chi connectivity index (χ4n) is 1.51. The van der Waals surface area contributed by atoms with Crippen molar-refractivity contribution in [3.63, 3.8) is 0 Å². The molecule has 0 saturated carbocycles. The van der Waals surface area contributed by atoms with Crippen molar-refractivity contribution in [3.05, 3.63) is 40.3 Å². The number of nitrogens with zero attached hydrogens (tertiary/aromatic N) is 1. The molecular formula is C12H12Cl2N2O. The number of hydrogen-bond donors (Lipinski definition) is 1. The van der Waals surface area contributed by atoms with Crippen molar-refractivity contribution in [1.29, 1.82) is 0 Å². The van der Waals surface area contributed by atoms with Gasteiger partial charge in [0.1, 0.15) is 0 Å². The highest BCUT2D eigenvalue weighted by Crippen LogP contribution is 2.34. The van der Waals surface area contributed by atoms with Gasteiger partial charge in [-0.2, -0.15) is 0 Å². The smallest absolute Gasteiger partial charge is 0.196 e. The minimum Gasteiger partial charge on any atom is -0.441 e. The molecule has 17 heavy (non-hydrogen) atoms. The number of oxazole rings is 1. The fourth-order valence-corrected chi connectivity index (χ4v) is 2.09. The molecule has 0 fully saturated rings. The second kappa shape index (κ2) is 5.54. The summed E-state index contributed by atoms with van der Waals surface area (Å²) in [7, 11) is 1.88. The first-order valence-electron chi connectivity index (χ1n) is 5.26. The van der Waals surface area contributed by atoms with Crippen molar-refractivity contribution < 1.29 is 4.42 Å². The molecule has 2 rings (SSSR count). The van der Waals surface area contributed by atoms with Crippen LogP contribution in [0, 0.1) is 0 Å². The van der Waals surface area contributed by atoms with Crippen LogP contribution in [0.25, 0.3) is 11.3 Å². The molecule has 1 heterocycles. The van der Waals surface area contributed by atoms with Gasteiger partial charge in [-0.25, -0.2) is 4.98 Å². The highest BCUT2D eigenvalue weighted by molar-refractivity contribution is 6.39. The van der Waals surface area contributed by atoms with Gasteiger partial charge < -0.3 is 9.73 Å². The van der Waals surface area contributed by atoms with E-state index in [1.54, 1.807) is 24.4 Å². The lowest BCUT2D eigenvalue weighted by atomic mass is 10.2. The van der Waals surface area contributed by atoms with E-state index >= 15 is 0 Å². The monoisotopic (exact) mass is 270 g/mol. The Labute approximate surface area is 110 Å². The average Bonchev–Trinajstić information content (AvgIpc) is 2.75. The van der Waals surface area contributed by atoms with Crippen molar-refractivity contribution in [2.45, 2.75) is 6.42 Å². The van der Waals surface area contributed by atoms with Gasteiger partial charge in [0, 0.05) is 13.0 Å². The highest BCUT2D eigenvalue weighted by atomic mass is 35.5. The highest BCUT2D eigenvalue weighted by Gasteiger charge is 2.13. The lowest BCUT2D eigenvalue weighted by Crippen LogP contribution is -2.10. The molecular weight excluding hydrogens is 259 g/mol. The summed E-state index contributed by atoms with van der Waals surface area (Å²) in [6.45, 7) is 0.816. The molecule has 0 bridgehead atoms. The Morgan fingerprint density at radius 1 is 1.29 bits per heavy atom. The third-order valence-electron chi connectivity index (χ3n) is 2.35. The van der Waals surface area contributed by atoms with Crippen molar-refractivity contribution >= 4 is 23.2 Å². The van der Waals surface area contributed by atoms with Crippen molar-refractivity contribution in [2.75, 3.05) is 13.6 Å². The van der Waals surface area contributed by atoms with Crippen molar-refractivity contribution in [2.24, 2.45) is 0 Å². The van der Waals surface area contributed by atoms with Gasteiger partial charge in [0.05, 0.1) is 21.8 Å². The van der Waals surface area contributed by atoms with Crippen molar-refractivity contribution in [1.82, 2.24) is 10.3 Å². The third kappa shape index (κ3) is 2.80. The number of rotatable bonds is 4. The summed E-state index contributed by atoms with van der Waals surface area (Å²) >= 11 is 12.2. The molecule has 2 aromatic rings. The maximum atomic E-state index is 6.09. The first-order valence-corrected chi connectivity index (χ1v) is 6.01. The van der Waals surface area contributed by atoms with Gasteiger partial charge in [-0.3, -0.25) is 0 Å². The van der Waals surface area contributed by atoms with Crippen LogP contribution < -0.4 is 5.32 Å². The lowest BCUT2D eigenvalue weighted by molar-refractivity contribution is 0.501. The molecule has 0 aliphatic rings. The number of aromatic nitrogens is 1. The first-order chi connectivity index (χ1) is 8.22. The predicted octanol–water partition coefficient (Wildman–Crippen LogP) is 3.41. The standard InChI is InChI=1S/C12H12Cl2N2O/c1-15-6-5-11-16-7-10(17-11)12-8(13)3-2-4-9(12)14/h2-4,7,15H,5-6H2,1H3. The summed E-state index contributed by atoms with van der Waals surface area (Å²) in [5, 5.41) is 4.16. The van der Waals surface area contributed by atoms with Crippen LogP contribution in [-0.4, -0.2) is 18.6 Å². The molecule has 1 aromatic carbocycles. The summed E-state index contributed by atoms with van der Waals surface area (Å²) in [6, 6.07) is 5.35. The van der Waals surface area contributed by atoms with Gasteiger partial charge in [0.15, 0.2) is 11.7 Å². The van der Waals surface area contributed by atoms with Crippen LogP contribution >= 0.6 is 23.2 Å². The van der Waals surface area contributed by atoms with E-state index in [1.165, 1.54) is 0 Å². The molecule has 0 unspecified atom stereocenters. The van der Waals surface area contributed by atoms with E-state index < -0.39 is 0 Å². The van der Waals surface area contributed by atoms with Gasteiger partial charge in [-0.1, -0.05) is 29.3 Å². The largest absolute Gasteiger partial charge is 0.441 e. The normalized spacial score (nSPS) is 10.8. The minimum atomic E-state index is 0.564. The molecule has 0 spiro atoms. The van der Waals surface area contributed by atoms with Crippen LogP contribution in [0.4, 0.5) is 0 Å². The van der Waals surface area contributed by atoms with E-state index in [-0.39, 0.29) is 0 Å². The Morgan fingerprint density at radius 3 is 2.65 bits per heavy atom. The summed E-state index contributed by atoms with van der Waals surface area (Å²) < 4.78 is 5.61. The van der Waals surface area contributed by atoms with Crippen LogP contribution in [0.3, 0.4) is 0 Å². The summed E-state index contributed by atoms with van der Waals surface area (Å²) in [5.74, 6) is 1.28. The molecule has 0 atom stereocenters. The molecule has 0 radical (unpaired) electrons. The molecule has 0 saturated heterocycles. The van der Waals surface area contributed by atoms with Crippen LogP contribution in [0.5, 0.6) is 0 Å². The Hall–Kier alpha value is -1.03. The number of likely N-dealkylation sites (N-methyl/N-ethyl adjacent to an activating group) is 1. The Balaban J connectivity index is 2.30. The van der Waals surface area contributed by atoms with Crippen LogP contribution in [0.1, 0.15) is 5.89 Å². The number of nitrogens with one attached hydrogen (secondary N) is 1. The molecule has 1 N–H and O–H groups in total. The SMILES string of the molecule is CNCCc1ncc(-c2c(Cl)cccc2Cl)o1.